The van der Waals surface area contributed by atoms with Crippen LogP contribution in [0.15, 0.2) is 77.9 Å². The molecule has 0 saturated carbocycles. The fraction of sp³-hybridized carbons (Fsp3) is 0.172. The predicted octanol–water partition coefficient (Wildman–Crippen LogP) is 7.49. The molecule has 0 N–H and O–H groups in total. The topological polar surface area (TPSA) is 29.9 Å². The number of benzene rings is 2. The molecule has 33 heavy (non-hydrogen) atoms. The Hall–Kier alpha value is -3.79. The van der Waals surface area contributed by atoms with Gasteiger partial charge in [-0.05, 0) is 61.4 Å². The Labute approximate surface area is 192 Å². The lowest BCUT2D eigenvalue weighted by atomic mass is 9.96. The minimum atomic E-state index is -0.243. The molecule has 0 radical (unpaired) electrons. The molecule has 164 valence electrons. The summed E-state index contributed by atoms with van der Waals surface area (Å²) in [5.41, 5.74) is 8.57. The summed E-state index contributed by atoms with van der Waals surface area (Å²) in [4.78, 5) is 4.62. The molecule has 5 aromatic rings. The van der Waals surface area contributed by atoms with Gasteiger partial charge in [0.25, 0.3) is 0 Å². The van der Waals surface area contributed by atoms with Gasteiger partial charge in [0.2, 0.25) is 11.4 Å². The van der Waals surface area contributed by atoms with Gasteiger partial charge in [0, 0.05) is 35.0 Å². The molecule has 0 amide bonds. The second kappa shape index (κ2) is 8.28. The van der Waals surface area contributed by atoms with E-state index in [-0.39, 0.29) is 5.82 Å². The predicted molar refractivity (Wildman–Crippen MR) is 132 cm³/mol. The highest BCUT2D eigenvalue weighted by Gasteiger charge is 2.24. The Kier molecular flexibility index (Phi) is 5.29. The average molecular weight is 438 g/mol. The highest BCUT2D eigenvalue weighted by atomic mass is 19.1. The van der Waals surface area contributed by atoms with Crippen molar-refractivity contribution < 1.29 is 13.4 Å². The summed E-state index contributed by atoms with van der Waals surface area (Å²) >= 11 is 0. The van der Waals surface area contributed by atoms with Crippen molar-refractivity contribution in [3.63, 3.8) is 0 Å². The van der Waals surface area contributed by atoms with Crippen LogP contribution in [0.4, 0.5) is 4.39 Å². The van der Waals surface area contributed by atoms with Crippen molar-refractivity contribution in [2.24, 2.45) is 0 Å². The van der Waals surface area contributed by atoms with Crippen molar-refractivity contribution in [2.75, 3.05) is 0 Å². The Morgan fingerprint density at radius 3 is 2.42 bits per heavy atom. The smallest absolute Gasteiger partial charge is 0.227 e. The minimum Gasteiger partial charge on any atom is -0.437 e. The van der Waals surface area contributed by atoms with E-state index in [4.69, 9.17) is 4.42 Å². The zero-order chi connectivity index (χ0) is 23.1. The second-order valence-electron chi connectivity index (χ2n) is 8.55. The first-order valence-corrected chi connectivity index (χ1v) is 11.3. The molecule has 0 spiro atoms. The highest BCUT2D eigenvalue weighted by Crippen LogP contribution is 2.37. The first-order chi connectivity index (χ1) is 16.0. The maximum Gasteiger partial charge on any atom is 0.227 e. The van der Waals surface area contributed by atoms with E-state index in [0.717, 1.165) is 63.0 Å². The first-order valence-electron chi connectivity index (χ1n) is 11.3. The zero-order valence-electron chi connectivity index (χ0n) is 19.2. The first kappa shape index (κ1) is 21.1. The molecule has 3 nitrogen and oxygen atoms in total. The highest BCUT2D eigenvalue weighted by molar-refractivity contribution is 6.08. The monoisotopic (exact) mass is 437 g/mol. The van der Waals surface area contributed by atoms with Crippen LogP contribution in [-0.4, -0.2) is 4.98 Å². The summed E-state index contributed by atoms with van der Waals surface area (Å²) in [7, 11) is 0. The van der Waals surface area contributed by atoms with E-state index in [2.05, 4.69) is 59.6 Å². The van der Waals surface area contributed by atoms with Gasteiger partial charge in [-0.15, -0.1) is 0 Å². The van der Waals surface area contributed by atoms with E-state index in [9.17, 15) is 4.39 Å². The van der Waals surface area contributed by atoms with Gasteiger partial charge >= 0.3 is 0 Å². The van der Waals surface area contributed by atoms with Gasteiger partial charge in [0.15, 0.2) is 17.5 Å². The molecule has 2 aromatic carbocycles. The van der Waals surface area contributed by atoms with Crippen LogP contribution in [-0.2, 0) is 6.42 Å². The summed E-state index contributed by atoms with van der Waals surface area (Å²) in [6.45, 7) is 10.4. The molecule has 3 heterocycles. The van der Waals surface area contributed by atoms with E-state index in [1.165, 1.54) is 17.7 Å². The molecule has 0 bridgehead atoms. The molecule has 0 fully saturated rings. The second-order valence-corrected chi connectivity index (χ2v) is 8.55. The fourth-order valence-corrected chi connectivity index (χ4v) is 4.45. The van der Waals surface area contributed by atoms with E-state index < -0.39 is 0 Å². The molecule has 0 aliphatic carbocycles. The van der Waals surface area contributed by atoms with Crippen LogP contribution in [0.5, 0.6) is 0 Å². The third-order valence-corrected chi connectivity index (χ3v) is 6.05. The number of nitrogens with zero attached hydrogens (tertiary/aromatic N) is 2. The molecule has 5 rings (SSSR count). The van der Waals surface area contributed by atoms with E-state index in [1.54, 1.807) is 12.1 Å². The molecule has 0 aliphatic heterocycles. The summed E-state index contributed by atoms with van der Waals surface area (Å²) in [5, 5.41) is 2.08. The van der Waals surface area contributed by atoms with E-state index >= 15 is 0 Å². The van der Waals surface area contributed by atoms with Crippen molar-refractivity contribution in [3.8, 4) is 22.4 Å². The SMILES string of the molecule is C=C(C)[n+]1cc(-c2ccc(F)cc2)ccc1-c1c(CCC)ccc2c1oc1nc(C)ccc12. The normalized spacial score (nSPS) is 11.4. The van der Waals surface area contributed by atoms with Gasteiger partial charge in [-0.3, -0.25) is 0 Å². The summed E-state index contributed by atoms with van der Waals surface area (Å²) in [5.74, 6) is -0.243. The van der Waals surface area contributed by atoms with Gasteiger partial charge in [0.05, 0.1) is 5.56 Å². The van der Waals surface area contributed by atoms with Gasteiger partial charge < -0.3 is 4.42 Å². The van der Waals surface area contributed by atoms with Gasteiger partial charge in [-0.25, -0.2) is 9.37 Å². The van der Waals surface area contributed by atoms with Gasteiger partial charge in [-0.1, -0.05) is 37.6 Å². The number of halogens is 1. The van der Waals surface area contributed by atoms with Crippen LogP contribution in [0.25, 0.3) is 50.2 Å². The van der Waals surface area contributed by atoms with Crippen LogP contribution in [0.3, 0.4) is 0 Å². The number of furan rings is 1. The summed E-state index contributed by atoms with van der Waals surface area (Å²) in [6.07, 6.45) is 4.02. The molecule has 0 unspecified atom stereocenters. The van der Waals surface area contributed by atoms with E-state index in [1.807, 2.05) is 19.9 Å². The van der Waals surface area contributed by atoms with Crippen molar-refractivity contribution in [3.05, 3.63) is 90.5 Å². The van der Waals surface area contributed by atoms with Gasteiger partial charge in [-0.2, -0.15) is 4.57 Å². The van der Waals surface area contributed by atoms with Crippen LogP contribution in [0, 0.1) is 12.7 Å². The Balaban J connectivity index is 1.79. The van der Waals surface area contributed by atoms with Crippen molar-refractivity contribution in [1.82, 2.24) is 4.98 Å². The number of aryl methyl sites for hydroxylation is 2. The zero-order valence-corrected chi connectivity index (χ0v) is 19.2. The van der Waals surface area contributed by atoms with Crippen LogP contribution in [0.2, 0.25) is 0 Å². The fourth-order valence-electron chi connectivity index (χ4n) is 4.45. The lowest BCUT2D eigenvalue weighted by Gasteiger charge is -2.11. The molecule has 0 atom stereocenters. The standard InChI is InChI=1S/C29H26FN2O/c1-5-6-21-10-15-24-25-14-7-19(4)31-29(25)33-28(24)27(21)26-16-11-22(17-32(26)18(2)3)20-8-12-23(30)13-9-20/h7-17H,2,5-6H2,1,3-4H3/q+1. The number of pyridine rings is 2. The number of hydrogen-bond acceptors (Lipinski definition) is 2. The quantitative estimate of drug-likeness (QED) is 0.267. The largest absolute Gasteiger partial charge is 0.437 e. The summed E-state index contributed by atoms with van der Waals surface area (Å²) < 4.78 is 21.9. The molecule has 0 aliphatic rings. The number of rotatable bonds is 5. The lowest BCUT2D eigenvalue weighted by Crippen LogP contribution is -2.33. The molecule has 4 heteroatoms. The Bertz CT molecular complexity index is 1510. The van der Waals surface area contributed by atoms with Crippen molar-refractivity contribution >= 4 is 27.8 Å². The third-order valence-electron chi connectivity index (χ3n) is 6.05. The Morgan fingerprint density at radius 2 is 1.70 bits per heavy atom. The van der Waals surface area contributed by atoms with Crippen LogP contribution in [0.1, 0.15) is 31.5 Å². The van der Waals surface area contributed by atoms with Crippen molar-refractivity contribution in [1.29, 1.82) is 0 Å². The van der Waals surface area contributed by atoms with Crippen LogP contribution >= 0.6 is 0 Å². The molecular weight excluding hydrogens is 411 g/mol. The minimum absolute atomic E-state index is 0.243. The number of hydrogen-bond donors (Lipinski definition) is 0. The Morgan fingerprint density at radius 1 is 0.970 bits per heavy atom. The molecular formula is C29H26FN2O+. The number of aromatic nitrogens is 2. The van der Waals surface area contributed by atoms with Gasteiger partial charge in [0.1, 0.15) is 5.82 Å². The number of fused-ring (bicyclic) bond motifs is 3. The van der Waals surface area contributed by atoms with E-state index in [0.29, 0.717) is 5.71 Å². The van der Waals surface area contributed by atoms with Crippen LogP contribution < -0.4 is 4.57 Å². The number of allylic oxidation sites excluding steroid dienone is 1. The lowest BCUT2D eigenvalue weighted by molar-refractivity contribution is -0.568. The molecule has 3 aromatic heterocycles. The average Bonchev–Trinajstić information content (AvgIpc) is 3.17. The van der Waals surface area contributed by atoms with Crippen molar-refractivity contribution in [2.45, 2.75) is 33.6 Å². The molecule has 0 saturated heterocycles. The summed E-state index contributed by atoms with van der Waals surface area (Å²) in [6, 6.07) is 19.2. The maximum atomic E-state index is 13.4. The maximum absolute atomic E-state index is 13.4. The third kappa shape index (κ3) is 3.72.